The molecule has 0 atom stereocenters. The lowest BCUT2D eigenvalue weighted by atomic mass is 10.2. The summed E-state index contributed by atoms with van der Waals surface area (Å²) in [5.74, 6) is 0. The van der Waals surface area contributed by atoms with Gasteiger partial charge in [0.2, 0.25) is 0 Å². The second-order valence-electron chi connectivity index (χ2n) is 3.69. The van der Waals surface area contributed by atoms with Crippen LogP contribution in [0.5, 0.6) is 0 Å². The van der Waals surface area contributed by atoms with E-state index in [0.29, 0.717) is 4.75 Å². The smallest absolute Gasteiger partial charge is 0.0411 e. The van der Waals surface area contributed by atoms with E-state index in [-0.39, 0.29) is 0 Å². The minimum atomic E-state index is 0.376. The van der Waals surface area contributed by atoms with Crippen molar-refractivity contribution in [3.63, 3.8) is 0 Å². The van der Waals surface area contributed by atoms with E-state index in [1.54, 1.807) is 0 Å². The standard InChI is InChI=1S/C12H14S/c1-10(2)12(8-9-12)13-11-6-4-3-5-7-11/h3-7H,1,8-9H2,2H3. The highest BCUT2D eigenvalue weighted by atomic mass is 32.2. The Balaban J connectivity index is 2.11. The van der Waals surface area contributed by atoms with Crippen molar-refractivity contribution in [1.29, 1.82) is 0 Å². The largest absolute Gasteiger partial charge is 0.115 e. The first-order chi connectivity index (χ1) is 6.23. The predicted octanol–water partition coefficient (Wildman–Crippen LogP) is 3.89. The normalized spacial score (nSPS) is 18.2. The lowest BCUT2D eigenvalue weighted by Gasteiger charge is -2.13. The second kappa shape index (κ2) is 3.22. The minimum absolute atomic E-state index is 0.376. The summed E-state index contributed by atoms with van der Waals surface area (Å²) in [6, 6.07) is 10.6. The molecule has 0 saturated heterocycles. The Labute approximate surface area is 84.0 Å². The van der Waals surface area contributed by atoms with E-state index >= 15 is 0 Å². The summed E-state index contributed by atoms with van der Waals surface area (Å²) in [5, 5.41) is 0. The van der Waals surface area contributed by atoms with E-state index in [1.807, 2.05) is 11.8 Å². The Morgan fingerprint density at radius 3 is 2.38 bits per heavy atom. The van der Waals surface area contributed by atoms with E-state index in [0.717, 1.165) is 0 Å². The number of rotatable bonds is 3. The van der Waals surface area contributed by atoms with E-state index < -0.39 is 0 Å². The maximum absolute atomic E-state index is 4.06. The van der Waals surface area contributed by atoms with Crippen molar-refractivity contribution in [2.75, 3.05) is 0 Å². The molecule has 0 radical (unpaired) electrons. The number of benzene rings is 1. The van der Waals surface area contributed by atoms with Gasteiger partial charge in [0.25, 0.3) is 0 Å². The fourth-order valence-electron chi connectivity index (χ4n) is 1.44. The molecule has 0 aliphatic heterocycles. The van der Waals surface area contributed by atoms with Gasteiger partial charge in [-0.1, -0.05) is 30.4 Å². The first kappa shape index (κ1) is 8.89. The lowest BCUT2D eigenvalue weighted by Crippen LogP contribution is -2.02. The third-order valence-corrected chi connectivity index (χ3v) is 4.19. The summed E-state index contributed by atoms with van der Waals surface area (Å²) >= 11 is 1.97. The molecule has 1 saturated carbocycles. The molecule has 1 aromatic rings. The van der Waals surface area contributed by atoms with Crippen LogP contribution in [-0.2, 0) is 0 Å². The molecule has 2 rings (SSSR count). The monoisotopic (exact) mass is 190 g/mol. The Morgan fingerprint density at radius 1 is 1.31 bits per heavy atom. The van der Waals surface area contributed by atoms with Crippen LogP contribution in [0.3, 0.4) is 0 Å². The summed E-state index contributed by atoms with van der Waals surface area (Å²) in [4.78, 5) is 1.36. The van der Waals surface area contributed by atoms with Gasteiger partial charge in [0.1, 0.15) is 0 Å². The summed E-state index contributed by atoms with van der Waals surface area (Å²) in [6.07, 6.45) is 2.59. The predicted molar refractivity (Wildman–Crippen MR) is 59.1 cm³/mol. The van der Waals surface area contributed by atoms with Crippen molar-refractivity contribution in [3.8, 4) is 0 Å². The highest BCUT2D eigenvalue weighted by Crippen LogP contribution is 2.55. The summed E-state index contributed by atoms with van der Waals surface area (Å²) in [5.41, 5.74) is 1.32. The second-order valence-corrected chi connectivity index (χ2v) is 5.15. The van der Waals surface area contributed by atoms with Crippen molar-refractivity contribution in [3.05, 3.63) is 42.5 Å². The van der Waals surface area contributed by atoms with Crippen LogP contribution in [0.4, 0.5) is 0 Å². The molecule has 1 aliphatic carbocycles. The molecule has 0 unspecified atom stereocenters. The number of thioether (sulfide) groups is 1. The Kier molecular flexibility index (Phi) is 2.20. The van der Waals surface area contributed by atoms with Crippen LogP contribution >= 0.6 is 11.8 Å². The maximum atomic E-state index is 4.06. The highest BCUT2D eigenvalue weighted by Gasteiger charge is 2.44. The van der Waals surface area contributed by atoms with Gasteiger partial charge in [0, 0.05) is 9.64 Å². The molecule has 0 amide bonds. The van der Waals surface area contributed by atoms with Crippen LogP contribution in [0.2, 0.25) is 0 Å². The van der Waals surface area contributed by atoms with Gasteiger partial charge in [-0.05, 0) is 31.9 Å². The molecule has 0 spiro atoms. The molecule has 0 bridgehead atoms. The first-order valence-corrected chi connectivity index (χ1v) is 5.45. The van der Waals surface area contributed by atoms with Crippen LogP contribution in [-0.4, -0.2) is 4.75 Å². The summed E-state index contributed by atoms with van der Waals surface area (Å²) < 4.78 is 0.376. The van der Waals surface area contributed by atoms with Crippen molar-refractivity contribution in [2.45, 2.75) is 29.4 Å². The molecule has 0 N–H and O–H groups in total. The van der Waals surface area contributed by atoms with Gasteiger partial charge in [-0.15, -0.1) is 11.8 Å². The quantitative estimate of drug-likeness (QED) is 0.652. The summed E-state index contributed by atoms with van der Waals surface area (Å²) in [7, 11) is 0. The van der Waals surface area contributed by atoms with Gasteiger partial charge in [-0.25, -0.2) is 0 Å². The van der Waals surface area contributed by atoms with Gasteiger partial charge in [-0.2, -0.15) is 0 Å². The molecule has 0 aromatic heterocycles. The molecule has 1 fully saturated rings. The molecular formula is C12H14S. The molecule has 1 aromatic carbocycles. The topological polar surface area (TPSA) is 0 Å². The van der Waals surface area contributed by atoms with Crippen LogP contribution in [0.25, 0.3) is 0 Å². The fraction of sp³-hybridized carbons (Fsp3) is 0.333. The molecular weight excluding hydrogens is 176 g/mol. The molecule has 0 heterocycles. The number of hydrogen-bond donors (Lipinski definition) is 0. The van der Waals surface area contributed by atoms with E-state index in [1.165, 1.54) is 23.3 Å². The third kappa shape index (κ3) is 1.80. The zero-order valence-electron chi connectivity index (χ0n) is 7.92. The van der Waals surface area contributed by atoms with Gasteiger partial charge >= 0.3 is 0 Å². The van der Waals surface area contributed by atoms with E-state index in [2.05, 4.69) is 43.8 Å². The molecule has 13 heavy (non-hydrogen) atoms. The van der Waals surface area contributed by atoms with Crippen LogP contribution in [0.1, 0.15) is 19.8 Å². The van der Waals surface area contributed by atoms with Crippen LogP contribution in [0, 0.1) is 0 Å². The van der Waals surface area contributed by atoms with Gasteiger partial charge in [0.15, 0.2) is 0 Å². The van der Waals surface area contributed by atoms with Crippen molar-refractivity contribution >= 4 is 11.8 Å². The summed E-state index contributed by atoms with van der Waals surface area (Å²) in [6.45, 7) is 6.21. The molecule has 1 aliphatic rings. The Morgan fingerprint density at radius 2 is 1.92 bits per heavy atom. The molecule has 0 nitrogen and oxygen atoms in total. The fourth-order valence-corrected chi connectivity index (χ4v) is 2.67. The SMILES string of the molecule is C=C(C)C1(Sc2ccccc2)CC1. The number of hydrogen-bond acceptors (Lipinski definition) is 1. The third-order valence-electron chi connectivity index (χ3n) is 2.54. The Hall–Kier alpha value is -0.690. The average Bonchev–Trinajstić information content (AvgIpc) is 2.87. The maximum Gasteiger partial charge on any atom is 0.0411 e. The zero-order chi connectivity index (χ0) is 9.31. The van der Waals surface area contributed by atoms with Crippen molar-refractivity contribution in [1.82, 2.24) is 0 Å². The first-order valence-electron chi connectivity index (χ1n) is 4.63. The van der Waals surface area contributed by atoms with Crippen LogP contribution in [0.15, 0.2) is 47.4 Å². The van der Waals surface area contributed by atoms with Gasteiger partial charge in [0.05, 0.1) is 0 Å². The van der Waals surface area contributed by atoms with Gasteiger partial charge < -0.3 is 0 Å². The Bertz CT molecular complexity index is 309. The van der Waals surface area contributed by atoms with E-state index in [4.69, 9.17) is 0 Å². The lowest BCUT2D eigenvalue weighted by molar-refractivity contribution is 1.07. The zero-order valence-corrected chi connectivity index (χ0v) is 8.73. The molecule has 1 heteroatoms. The van der Waals surface area contributed by atoms with Crippen molar-refractivity contribution < 1.29 is 0 Å². The average molecular weight is 190 g/mol. The highest BCUT2D eigenvalue weighted by molar-refractivity contribution is 8.01. The van der Waals surface area contributed by atoms with Gasteiger partial charge in [-0.3, -0.25) is 0 Å². The minimum Gasteiger partial charge on any atom is -0.115 e. The van der Waals surface area contributed by atoms with Crippen LogP contribution < -0.4 is 0 Å². The molecule has 68 valence electrons. The van der Waals surface area contributed by atoms with Crippen molar-refractivity contribution in [2.24, 2.45) is 0 Å². The van der Waals surface area contributed by atoms with E-state index in [9.17, 15) is 0 Å².